The minimum absolute atomic E-state index is 0.0162. The van der Waals surface area contributed by atoms with Crippen LogP contribution < -0.4 is 11.1 Å². The van der Waals surface area contributed by atoms with Crippen molar-refractivity contribution < 1.29 is 14.8 Å². The molecule has 0 saturated heterocycles. The van der Waals surface area contributed by atoms with Gasteiger partial charge in [-0.15, -0.1) is 0 Å². The van der Waals surface area contributed by atoms with Crippen LogP contribution >= 0.6 is 0 Å². The van der Waals surface area contributed by atoms with Crippen molar-refractivity contribution in [2.45, 2.75) is 45.1 Å². The summed E-state index contributed by atoms with van der Waals surface area (Å²) in [5.74, 6) is -0.401. The molecule has 7 heteroatoms. The highest BCUT2D eigenvalue weighted by Gasteiger charge is 2.27. The van der Waals surface area contributed by atoms with E-state index in [0.717, 1.165) is 32.1 Å². The zero-order chi connectivity index (χ0) is 17.0. The van der Waals surface area contributed by atoms with Crippen LogP contribution in [0.4, 0.5) is 11.4 Å². The number of hydrogen-bond donors (Lipinski definition) is 3. The van der Waals surface area contributed by atoms with E-state index in [-0.39, 0.29) is 35.5 Å². The summed E-state index contributed by atoms with van der Waals surface area (Å²) in [6.07, 6.45) is 4.77. The van der Waals surface area contributed by atoms with Crippen molar-refractivity contribution >= 4 is 17.3 Å². The molecule has 0 heterocycles. The van der Waals surface area contributed by atoms with E-state index in [9.17, 15) is 20.0 Å². The third kappa shape index (κ3) is 3.98. The molecular formula is C16H23N3O4. The molecular weight excluding hydrogens is 298 g/mol. The Kier molecular flexibility index (Phi) is 5.54. The molecule has 1 saturated carbocycles. The first-order valence-corrected chi connectivity index (χ1v) is 7.90. The van der Waals surface area contributed by atoms with Crippen molar-refractivity contribution in [2.24, 2.45) is 5.92 Å². The number of nitrogen functional groups attached to an aromatic ring is 1. The van der Waals surface area contributed by atoms with E-state index < -0.39 is 10.8 Å². The fraction of sp³-hybridized carbons (Fsp3) is 0.562. The Morgan fingerprint density at radius 3 is 2.74 bits per heavy atom. The third-order valence-corrected chi connectivity index (χ3v) is 4.45. The molecule has 1 fully saturated rings. The molecule has 2 rings (SSSR count). The van der Waals surface area contributed by atoms with Crippen LogP contribution in [0.5, 0.6) is 0 Å². The Morgan fingerprint density at radius 1 is 1.39 bits per heavy atom. The number of benzene rings is 1. The van der Waals surface area contributed by atoms with Crippen molar-refractivity contribution in [1.29, 1.82) is 0 Å². The quantitative estimate of drug-likeness (QED) is 0.340. The Labute approximate surface area is 135 Å². The zero-order valence-corrected chi connectivity index (χ0v) is 13.2. The molecule has 4 N–H and O–H groups in total. The van der Waals surface area contributed by atoms with Crippen molar-refractivity contribution in [2.75, 3.05) is 12.3 Å². The van der Waals surface area contributed by atoms with Gasteiger partial charge in [-0.05, 0) is 31.4 Å². The Balaban J connectivity index is 2.24. The first kappa shape index (κ1) is 17.2. The Bertz CT molecular complexity index is 603. The van der Waals surface area contributed by atoms with Crippen LogP contribution in [0.15, 0.2) is 12.1 Å². The first-order chi connectivity index (χ1) is 10.9. The van der Waals surface area contributed by atoms with E-state index in [4.69, 9.17) is 5.73 Å². The largest absolute Gasteiger partial charge is 0.396 e. The predicted molar refractivity (Wildman–Crippen MR) is 87.2 cm³/mol. The van der Waals surface area contributed by atoms with E-state index in [1.54, 1.807) is 13.0 Å². The summed E-state index contributed by atoms with van der Waals surface area (Å²) in [6.45, 7) is 1.71. The third-order valence-electron chi connectivity index (χ3n) is 4.45. The minimum atomic E-state index is -0.582. The lowest BCUT2D eigenvalue weighted by atomic mass is 9.95. The first-order valence-electron chi connectivity index (χ1n) is 7.90. The molecule has 2 atom stereocenters. The van der Waals surface area contributed by atoms with Crippen molar-refractivity contribution in [1.82, 2.24) is 5.32 Å². The summed E-state index contributed by atoms with van der Waals surface area (Å²) in [4.78, 5) is 23.0. The van der Waals surface area contributed by atoms with Gasteiger partial charge in [0, 0.05) is 24.6 Å². The molecule has 1 amide bonds. The fourth-order valence-electron chi connectivity index (χ4n) is 3.16. The molecule has 126 valence electrons. The van der Waals surface area contributed by atoms with Crippen LogP contribution in [0.1, 0.15) is 48.0 Å². The molecule has 0 bridgehead atoms. The monoisotopic (exact) mass is 321 g/mol. The average Bonchev–Trinajstić information content (AvgIpc) is 2.73. The molecule has 0 spiro atoms. The van der Waals surface area contributed by atoms with Gasteiger partial charge in [-0.3, -0.25) is 14.9 Å². The summed E-state index contributed by atoms with van der Waals surface area (Å²) in [7, 11) is 0. The molecule has 0 aliphatic heterocycles. The van der Waals surface area contributed by atoms with Gasteiger partial charge >= 0.3 is 0 Å². The predicted octanol–water partition coefficient (Wildman–Crippen LogP) is 2.16. The lowest BCUT2D eigenvalue weighted by Gasteiger charge is -2.24. The maximum absolute atomic E-state index is 12.5. The molecule has 23 heavy (non-hydrogen) atoms. The molecule has 0 aromatic heterocycles. The summed E-state index contributed by atoms with van der Waals surface area (Å²) in [5, 5.41) is 23.5. The van der Waals surface area contributed by atoms with Crippen LogP contribution in [0.2, 0.25) is 0 Å². The molecule has 1 aliphatic carbocycles. The van der Waals surface area contributed by atoms with Crippen molar-refractivity contribution in [3.8, 4) is 0 Å². The van der Waals surface area contributed by atoms with E-state index in [1.807, 2.05) is 0 Å². The standard InChI is InChI=1S/C16H23N3O4/c1-10-7-12(15(17)14(8-10)19(22)23)16(21)18-13-6-4-2-3-5-11(13)9-20/h7-8,11,13,20H,2-6,9,17H2,1H3,(H,18,21). The van der Waals surface area contributed by atoms with Gasteiger partial charge in [0.15, 0.2) is 0 Å². The van der Waals surface area contributed by atoms with Gasteiger partial charge in [-0.2, -0.15) is 0 Å². The van der Waals surface area contributed by atoms with Crippen LogP contribution in [-0.2, 0) is 0 Å². The summed E-state index contributed by atoms with van der Waals surface area (Å²) in [5.41, 5.74) is 6.16. The number of amides is 1. The molecule has 1 aliphatic rings. The number of rotatable bonds is 4. The summed E-state index contributed by atoms with van der Waals surface area (Å²) < 4.78 is 0. The SMILES string of the molecule is Cc1cc(C(=O)NC2CCCCCC2CO)c(N)c([N+](=O)[O-])c1. The second kappa shape index (κ2) is 7.41. The second-order valence-corrected chi connectivity index (χ2v) is 6.16. The van der Waals surface area contributed by atoms with Crippen molar-refractivity contribution in [3.63, 3.8) is 0 Å². The van der Waals surface area contributed by atoms with Gasteiger partial charge in [0.1, 0.15) is 5.69 Å². The van der Waals surface area contributed by atoms with Crippen molar-refractivity contribution in [3.05, 3.63) is 33.4 Å². The number of aliphatic hydroxyl groups is 1. The van der Waals surface area contributed by atoms with Gasteiger partial charge < -0.3 is 16.2 Å². The number of hydrogen-bond acceptors (Lipinski definition) is 5. The number of nitrogens with two attached hydrogens (primary N) is 1. The minimum Gasteiger partial charge on any atom is -0.396 e. The maximum atomic E-state index is 12.5. The molecule has 7 nitrogen and oxygen atoms in total. The van der Waals surface area contributed by atoms with Gasteiger partial charge in [0.2, 0.25) is 0 Å². The molecule has 1 aromatic rings. The maximum Gasteiger partial charge on any atom is 0.293 e. The average molecular weight is 321 g/mol. The van der Waals surface area contributed by atoms with Crippen LogP contribution in [0, 0.1) is 23.0 Å². The second-order valence-electron chi connectivity index (χ2n) is 6.16. The lowest BCUT2D eigenvalue weighted by Crippen LogP contribution is -2.41. The van der Waals surface area contributed by atoms with E-state index in [2.05, 4.69) is 5.32 Å². The number of nitro groups is 1. The highest BCUT2D eigenvalue weighted by atomic mass is 16.6. The topological polar surface area (TPSA) is 118 Å². The number of carbonyl (C=O) groups excluding carboxylic acids is 1. The number of anilines is 1. The smallest absolute Gasteiger partial charge is 0.293 e. The van der Waals surface area contributed by atoms with Crippen LogP contribution in [-0.4, -0.2) is 28.6 Å². The van der Waals surface area contributed by atoms with E-state index >= 15 is 0 Å². The van der Waals surface area contributed by atoms with Gasteiger partial charge in [0.25, 0.3) is 11.6 Å². The van der Waals surface area contributed by atoms with Crippen LogP contribution in [0.3, 0.4) is 0 Å². The number of aryl methyl sites for hydroxylation is 1. The fourth-order valence-corrected chi connectivity index (χ4v) is 3.16. The molecule has 1 aromatic carbocycles. The summed E-state index contributed by atoms with van der Waals surface area (Å²) in [6, 6.07) is 2.78. The molecule has 2 unspecified atom stereocenters. The summed E-state index contributed by atoms with van der Waals surface area (Å²) >= 11 is 0. The number of nitrogens with zero attached hydrogens (tertiary/aromatic N) is 1. The van der Waals surface area contributed by atoms with Crippen LogP contribution in [0.25, 0.3) is 0 Å². The van der Waals surface area contributed by atoms with Gasteiger partial charge in [0.05, 0.1) is 10.5 Å². The number of aliphatic hydroxyl groups excluding tert-OH is 1. The van der Waals surface area contributed by atoms with E-state index in [1.165, 1.54) is 6.07 Å². The normalized spacial score (nSPS) is 21.5. The zero-order valence-electron chi connectivity index (χ0n) is 13.2. The highest BCUT2D eigenvalue weighted by molar-refractivity contribution is 6.01. The Morgan fingerprint density at radius 2 is 2.09 bits per heavy atom. The highest BCUT2D eigenvalue weighted by Crippen LogP contribution is 2.28. The number of carbonyl (C=O) groups is 1. The Hall–Kier alpha value is -2.15. The number of nitrogens with one attached hydrogen (secondary N) is 1. The van der Waals surface area contributed by atoms with E-state index in [0.29, 0.717) is 5.56 Å². The lowest BCUT2D eigenvalue weighted by molar-refractivity contribution is -0.384. The molecule has 0 radical (unpaired) electrons. The van der Waals surface area contributed by atoms with Gasteiger partial charge in [-0.1, -0.05) is 19.3 Å². The number of nitro benzene ring substituents is 1. The van der Waals surface area contributed by atoms with Gasteiger partial charge in [-0.25, -0.2) is 0 Å².